The van der Waals surface area contributed by atoms with E-state index in [2.05, 4.69) is 10.3 Å². The summed E-state index contributed by atoms with van der Waals surface area (Å²) in [5.41, 5.74) is 2.22. The van der Waals surface area contributed by atoms with E-state index in [1.165, 1.54) is 7.05 Å². The molecule has 1 atom stereocenters. The van der Waals surface area contributed by atoms with Crippen LogP contribution in [-0.2, 0) is 19.2 Å². The number of ether oxygens (including phenoxy) is 1. The van der Waals surface area contributed by atoms with Crippen molar-refractivity contribution in [2.45, 2.75) is 20.3 Å². The summed E-state index contributed by atoms with van der Waals surface area (Å²) >= 11 is 0. The minimum Gasteiger partial charge on any atom is -0.465 e. The van der Waals surface area contributed by atoms with E-state index in [0.717, 1.165) is 0 Å². The van der Waals surface area contributed by atoms with Crippen molar-refractivity contribution < 1.29 is 19.2 Å². The van der Waals surface area contributed by atoms with Crippen molar-refractivity contribution in [3.8, 4) is 0 Å². The zero-order valence-electron chi connectivity index (χ0n) is 8.12. The van der Waals surface area contributed by atoms with E-state index in [0.29, 0.717) is 6.42 Å². The van der Waals surface area contributed by atoms with Crippen LogP contribution in [0.4, 0.5) is 0 Å². The van der Waals surface area contributed by atoms with Crippen LogP contribution >= 0.6 is 0 Å². The van der Waals surface area contributed by atoms with Crippen LogP contribution in [0.1, 0.15) is 20.3 Å². The number of esters is 1. The van der Waals surface area contributed by atoms with Crippen molar-refractivity contribution in [3.05, 3.63) is 0 Å². The van der Waals surface area contributed by atoms with E-state index >= 15 is 0 Å². The van der Waals surface area contributed by atoms with Gasteiger partial charge in [0.25, 0.3) is 0 Å². The van der Waals surface area contributed by atoms with Crippen LogP contribution in [0.5, 0.6) is 0 Å². The lowest BCUT2D eigenvalue weighted by Gasteiger charge is -2.11. The Labute approximate surface area is 77.3 Å². The first-order valence-electron chi connectivity index (χ1n) is 4.21. The molecule has 0 aliphatic carbocycles. The van der Waals surface area contributed by atoms with Crippen LogP contribution in [0, 0.1) is 5.92 Å². The van der Waals surface area contributed by atoms with Gasteiger partial charge in [-0.3, -0.25) is 4.79 Å². The van der Waals surface area contributed by atoms with Gasteiger partial charge in [0.1, 0.15) is 0 Å². The Kier molecular flexibility index (Phi) is 5.88. The van der Waals surface area contributed by atoms with Crippen LogP contribution in [0.25, 0.3) is 0 Å². The smallest absolute Gasteiger partial charge is 0.339 e. The fraction of sp³-hybridized carbons (Fsp3) is 0.750. The first-order valence-corrected chi connectivity index (χ1v) is 4.21. The summed E-state index contributed by atoms with van der Waals surface area (Å²) in [6, 6.07) is 0. The molecule has 0 aromatic carbocycles. The number of rotatable bonds is 5. The highest BCUT2D eigenvalue weighted by Crippen LogP contribution is 2.06. The standard InChI is InChI=1S/C8H15NO4/c1-4-6(7(10)12-5-2)8(11)13-9-3/h6,9H,4-5H2,1-3H3. The summed E-state index contributed by atoms with van der Waals surface area (Å²) < 4.78 is 4.69. The van der Waals surface area contributed by atoms with Gasteiger partial charge >= 0.3 is 11.9 Å². The van der Waals surface area contributed by atoms with Crippen LogP contribution in [0.3, 0.4) is 0 Å². The van der Waals surface area contributed by atoms with E-state index in [-0.39, 0.29) is 6.61 Å². The molecular weight excluding hydrogens is 174 g/mol. The maximum Gasteiger partial charge on any atom is 0.339 e. The second-order valence-electron chi connectivity index (χ2n) is 2.34. The third-order valence-electron chi connectivity index (χ3n) is 1.47. The van der Waals surface area contributed by atoms with E-state index in [1.54, 1.807) is 13.8 Å². The lowest BCUT2D eigenvalue weighted by Crippen LogP contribution is -2.30. The van der Waals surface area contributed by atoms with Gasteiger partial charge in [-0.1, -0.05) is 6.92 Å². The minimum absolute atomic E-state index is 0.266. The molecule has 0 saturated heterocycles. The second-order valence-corrected chi connectivity index (χ2v) is 2.34. The first kappa shape index (κ1) is 11.9. The fourth-order valence-corrected chi connectivity index (χ4v) is 0.844. The topological polar surface area (TPSA) is 64.6 Å². The molecule has 0 aliphatic heterocycles. The molecule has 0 aliphatic rings. The van der Waals surface area contributed by atoms with Crippen molar-refractivity contribution in [2.75, 3.05) is 13.7 Å². The Morgan fingerprint density at radius 1 is 1.31 bits per heavy atom. The van der Waals surface area contributed by atoms with Crippen molar-refractivity contribution in [1.29, 1.82) is 0 Å². The zero-order valence-corrected chi connectivity index (χ0v) is 8.12. The van der Waals surface area contributed by atoms with Gasteiger partial charge in [-0.2, -0.15) is 5.48 Å². The molecular formula is C8H15NO4. The fourth-order valence-electron chi connectivity index (χ4n) is 0.844. The van der Waals surface area contributed by atoms with Gasteiger partial charge in [-0.15, -0.1) is 0 Å². The summed E-state index contributed by atoms with van der Waals surface area (Å²) in [5.74, 6) is -1.97. The molecule has 0 radical (unpaired) electrons. The third-order valence-corrected chi connectivity index (χ3v) is 1.47. The molecule has 5 nitrogen and oxygen atoms in total. The number of carbonyl (C=O) groups excluding carboxylic acids is 2. The van der Waals surface area contributed by atoms with Gasteiger partial charge < -0.3 is 9.57 Å². The highest BCUT2D eigenvalue weighted by molar-refractivity contribution is 5.94. The third kappa shape index (κ3) is 3.89. The molecule has 0 saturated carbocycles. The normalized spacial score (nSPS) is 11.9. The SMILES string of the molecule is CCOC(=O)C(CC)C(=O)ONC. The summed E-state index contributed by atoms with van der Waals surface area (Å²) in [6.07, 6.45) is 0.374. The molecule has 5 heteroatoms. The van der Waals surface area contributed by atoms with Gasteiger partial charge in [0.15, 0.2) is 5.92 Å². The molecule has 0 spiro atoms. The van der Waals surface area contributed by atoms with Crippen molar-refractivity contribution >= 4 is 11.9 Å². The highest BCUT2D eigenvalue weighted by Gasteiger charge is 2.27. The van der Waals surface area contributed by atoms with Crippen molar-refractivity contribution in [3.63, 3.8) is 0 Å². The maximum atomic E-state index is 11.1. The van der Waals surface area contributed by atoms with Crippen LogP contribution in [0.2, 0.25) is 0 Å². The summed E-state index contributed by atoms with van der Waals surface area (Å²) in [7, 11) is 1.45. The predicted molar refractivity (Wildman–Crippen MR) is 45.6 cm³/mol. The van der Waals surface area contributed by atoms with Crippen LogP contribution in [0.15, 0.2) is 0 Å². The molecule has 76 valence electrons. The molecule has 0 heterocycles. The molecule has 13 heavy (non-hydrogen) atoms. The zero-order chi connectivity index (χ0) is 10.3. The van der Waals surface area contributed by atoms with E-state index in [9.17, 15) is 9.59 Å². The van der Waals surface area contributed by atoms with E-state index in [1.807, 2.05) is 0 Å². The molecule has 0 rings (SSSR count). The summed E-state index contributed by atoms with van der Waals surface area (Å²) in [5, 5.41) is 0. The number of nitrogens with one attached hydrogen (secondary N) is 1. The van der Waals surface area contributed by atoms with Gasteiger partial charge in [-0.25, -0.2) is 4.79 Å². The summed E-state index contributed by atoms with van der Waals surface area (Å²) in [4.78, 5) is 26.7. The predicted octanol–water partition coefficient (Wildman–Crippen LogP) is 0.253. The van der Waals surface area contributed by atoms with Crippen molar-refractivity contribution in [1.82, 2.24) is 5.48 Å². The van der Waals surface area contributed by atoms with Gasteiger partial charge in [0, 0.05) is 7.05 Å². The number of hydroxylamine groups is 1. The average molecular weight is 189 g/mol. The average Bonchev–Trinajstić information content (AvgIpc) is 2.06. The van der Waals surface area contributed by atoms with E-state index < -0.39 is 17.9 Å². The minimum atomic E-state index is -0.826. The highest BCUT2D eigenvalue weighted by atomic mass is 16.7. The molecule has 1 N–H and O–H groups in total. The first-order chi connectivity index (χ1) is 6.17. The number of carbonyl (C=O) groups is 2. The lowest BCUT2D eigenvalue weighted by atomic mass is 10.1. The molecule has 0 bridgehead atoms. The Morgan fingerprint density at radius 3 is 2.31 bits per heavy atom. The Bertz CT molecular complexity index is 163. The Hall–Kier alpha value is -1.10. The maximum absolute atomic E-state index is 11.1. The van der Waals surface area contributed by atoms with Crippen molar-refractivity contribution in [2.24, 2.45) is 5.92 Å². The second kappa shape index (κ2) is 6.42. The monoisotopic (exact) mass is 189 g/mol. The van der Waals surface area contributed by atoms with Gasteiger partial charge in [-0.05, 0) is 13.3 Å². The van der Waals surface area contributed by atoms with E-state index in [4.69, 9.17) is 4.74 Å². The largest absolute Gasteiger partial charge is 0.465 e. The number of hydrogen-bond donors (Lipinski definition) is 1. The molecule has 0 fully saturated rings. The Morgan fingerprint density at radius 2 is 1.92 bits per heavy atom. The quantitative estimate of drug-likeness (QED) is 0.381. The van der Waals surface area contributed by atoms with Crippen LogP contribution < -0.4 is 5.48 Å². The number of hydrogen-bond acceptors (Lipinski definition) is 5. The molecule has 0 amide bonds. The van der Waals surface area contributed by atoms with Gasteiger partial charge in [0.05, 0.1) is 6.61 Å². The summed E-state index contributed by atoms with van der Waals surface area (Å²) in [6.45, 7) is 3.68. The molecule has 1 unspecified atom stereocenters. The molecule has 0 aromatic rings. The van der Waals surface area contributed by atoms with Crippen LogP contribution in [-0.4, -0.2) is 25.6 Å². The molecule has 0 aromatic heterocycles. The Balaban J connectivity index is 4.15. The lowest BCUT2D eigenvalue weighted by molar-refractivity contribution is -0.165. The van der Waals surface area contributed by atoms with Gasteiger partial charge in [0.2, 0.25) is 0 Å².